The zero-order valence-corrected chi connectivity index (χ0v) is 13.9. The molecule has 2 atom stereocenters. The molecule has 1 aromatic carbocycles. The Kier molecular flexibility index (Phi) is 5.70. The number of nitrogens with zero attached hydrogens (tertiary/aromatic N) is 1. The highest BCUT2D eigenvalue weighted by molar-refractivity contribution is 6.42. The lowest BCUT2D eigenvalue weighted by Gasteiger charge is -2.23. The number of aliphatic carboxylic acids is 1. The number of carbonyl (C=O) groups excluding carboxylic acids is 1. The second-order valence-electron chi connectivity index (χ2n) is 5.66. The van der Waals surface area contributed by atoms with E-state index >= 15 is 0 Å². The quantitative estimate of drug-likeness (QED) is 0.887. The van der Waals surface area contributed by atoms with Gasteiger partial charge in [0.1, 0.15) is 0 Å². The lowest BCUT2D eigenvalue weighted by atomic mass is 10.0. The van der Waals surface area contributed by atoms with Gasteiger partial charge in [-0.05, 0) is 43.9 Å². The van der Waals surface area contributed by atoms with Crippen molar-refractivity contribution in [3.63, 3.8) is 0 Å². The summed E-state index contributed by atoms with van der Waals surface area (Å²) in [5.41, 5.74) is 1.04. The van der Waals surface area contributed by atoms with Crippen LogP contribution in [0.25, 0.3) is 0 Å². The number of carboxylic acids is 1. The van der Waals surface area contributed by atoms with Crippen molar-refractivity contribution < 1.29 is 14.7 Å². The summed E-state index contributed by atoms with van der Waals surface area (Å²) in [6.07, 6.45) is 2.40. The number of carbonyl (C=O) groups is 2. The number of carboxylic acid groups (broad SMARTS) is 1. The number of benzene rings is 1. The molecule has 4 nitrogen and oxygen atoms in total. The Morgan fingerprint density at radius 1 is 1.32 bits per heavy atom. The Morgan fingerprint density at radius 3 is 2.64 bits per heavy atom. The van der Waals surface area contributed by atoms with Crippen molar-refractivity contribution in [2.45, 2.75) is 38.6 Å². The molecule has 1 aliphatic heterocycles. The van der Waals surface area contributed by atoms with Crippen molar-refractivity contribution in [2.75, 3.05) is 6.54 Å². The van der Waals surface area contributed by atoms with Crippen molar-refractivity contribution >= 4 is 35.1 Å². The van der Waals surface area contributed by atoms with Gasteiger partial charge in [-0.2, -0.15) is 0 Å². The molecule has 1 amide bonds. The Labute approximate surface area is 140 Å². The molecule has 1 aromatic rings. The van der Waals surface area contributed by atoms with E-state index in [1.54, 1.807) is 11.0 Å². The van der Waals surface area contributed by atoms with Crippen molar-refractivity contribution in [3.8, 4) is 0 Å². The summed E-state index contributed by atoms with van der Waals surface area (Å²) in [5, 5.41) is 10.1. The van der Waals surface area contributed by atoms with E-state index in [1.165, 1.54) is 0 Å². The van der Waals surface area contributed by atoms with Gasteiger partial charge in [-0.15, -0.1) is 0 Å². The lowest BCUT2D eigenvalue weighted by Crippen LogP contribution is -2.37. The van der Waals surface area contributed by atoms with Crippen LogP contribution in [0.5, 0.6) is 0 Å². The van der Waals surface area contributed by atoms with Gasteiger partial charge in [-0.3, -0.25) is 9.59 Å². The molecule has 120 valence electrons. The Bertz CT molecular complexity index is 577. The van der Waals surface area contributed by atoms with Gasteiger partial charge in [0.15, 0.2) is 0 Å². The van der Waals surface area contributed by atoms with Crippen molar-refractivity contribution in [3.05, 3.63) is 33.8 Å². The first kappa shape index (κ1) is 17.1. The molecule has 0 bridgehead atoms. The van der Waals surface area contributed by atoms with Gasteiger partial charge >= 0.3 is 5.97 Å². The minimum atomic E-state index is -0.821. The van der Waals surface area contributed by atoms with Crippen LogP contribution in [0.4, 0.5) is 0 Å². The maximum absolute atomic E-state index is 12.2. The minimum absolute atomic E-state index is 0.0244. The lowest BCUT2D eigenvalue weighted by molar-refractivity contribution is -0.143. The molecule has 6 heteroatoms. The fourth-order valence-electron chi connectivity index (χ4n) is 2.90. The van der Waals surface area contributed by atoms with Crippen LogP contribution in [-0.2, 0) is 16.0 Å². The third kappa shape index (κ3) is 3.93. The second-order valence-corrected chi connectivity index (χ2v) is 6.48. The first-order valence-corrected chi connectivity index (χ1v) is 8.12. The molecule has 1 saturated heterocycles. The van der Waals surface area contributed by atoms with Crippen LogP contribution in [0.1, 0.15) is 31.7 Å². The summed E-state index contributed by atoms with van der Waals surface area (Å²) < 4.78 is 0. The normalized spacial score (nSPS) is 21.1. The maximum Gasteiger partial charge on any atom is 0.308 e. The first-order valence-electron chi connectivity index (χ1n) is 7.36. The highest BCUT2D eigenvalue weighted by Gasteiger charge is 2.37. The van der Waals surface area contributed by atoms with E-state index in [0.717, 1.165) is 12.0 Å². The fraction of sp³-hybridized carbons (Fsp3) is 0.500. The number of hydrogen-bond acceptors (Lipinski definition) is 2. The predicted octanol–water partition coefficient (Wildman–Crippen LogP) is 3.64. The SMILES string of the molecule is CC1C(C(=O)O)CCN1C(=O)CCCc1ccc(Cl)c(Cl)c1. The number of amides is 1. The molecule has 2 rings (SSSR count). The number of likely N-dealkylation sites (tertiary alicyclic amines) is 1. The van der Waals surface area contributed by atoms with E-state index in [4.69, 9.17) is 28.3 Å². The third-order valence-corrected chi connectivity index (χ3v) is 4.97. The van der Waals surface area contributed by atoms with Crippen LogP contribution in [0.3, 0.4) is 0 Å². The van der Waals surface area contributed by atoms with E-state index in [9.17, 15) is 9.59 Å². The predicted molar refractivity (Wildman–Crippen MR) is 86.3 cm³/mol. The van der Waals surface area contributed by atoms with Gasteiger partial charge < -0.3 is 10.0 Å². The molecule has 0 spiro atoms. The summed E-state index contributed by atoms with van der Waals surface area (Å²) in [5.74, 6) is -1.24. The highest BCUT2D eigenvalue weighted by atomic mass is 35.5. The smallest absolute Gasteiger partial charge is 0.308 e. The first-order chi connectivity index (χ1) is 10.4. The molecule has 0 aliphatic carbocycles. The number of hydrogen-bond donors (Lipinski definition) is 1. The summed E-state index contributed by atoms with van der Waals surface area (Å²) in [4.78, 5) is 25.0. The van der Waals surface area contributed by atoms with Crippen molar-refractivity contribution in [1.82, 2.24) is 4.90 Å². The molecular formula is C16H19Cl2NO3. The van der Waals surface area contributed by atoms with Crippen LogP contribution in [0, 0.1) is 5.92 Å². The van der Waals surface area contributed by atoms with Crippen LogP contribution < -0.4 is 0 Å². The Morgan fingerprint density at radius 2 is 2.05 bits per heavy atom. The number of aryl methyl sites for hydroxylation is 1. The molecule has 22 heavy (non-hydrogen) atoms. The van der Waals surface area contributed by atoms with Gasteiger partial charge in [-0.25, -0.2) is 0 Å². The summed E-state index contributed by atoms with van der Waals surface area (Å²) in [6.45, 7) is 2.34. The molecule has 1 aliphatic rings. The highest BCUT2D eigenvalue weighted by Crippen LogP contribution is 2.26. The van der Waals surface area contributed by atoms with Crippen LogP contribution >= 0.6 is 23.2 Å². The topological polar surface area (TPSA) is 57.6 Å². The molecule has 1 heterocycles. The van der Waals surface area contributed by atoms with E-state index in [0.29, 0.717) is 35.9 Å². The Hall–Kier alpha value is -1.26. The summed E-state index contributed by atoms with van der Waals surface area (Å²) in [6, 6.07) is 5.24. The molecule has 2 unspecified atom stereocenters. The monoisotopic (exact) mass is 343 g/mol. The van der Waals surface area contributed by atoms with E-state index in [1.807, 2.05) is 19.1 Å². The van der Waals surface area contributed by atoms with Crippen LogP contribution in [-0.4, -0.2) is 34.5 Å². The van der Waals surface area contributed by atoms with Gasteiger partial charge in [0.05, 0.1) is 16.0 Å². The Balaban J connectivity index is 1.83. The molecule has 0 aromatic heterocycles. The molecule has 1 fully saturated rings. The van der Waals surface area contributed by atoms with Gasteiger partial charge in [0, 0.05) is 19.0 Å². The molecule has 0 radical (unpaired) electrons. The average Bonchev–Trinajstić information content (AvgIpc) is 2.84. The van der Waals surface area contributed by atoms with Crippen molar-refractivity contribution in [2.24, 2.45) is 5.92 Å². The molecular weight excluding hydrogens is 325 g/mol. The summed E-state index contributed by atoms with van der Waals surface area (Å²) >= 11 is 11.8. The second kappa shape index (κ2) is 7.34. The zero-order chi connectivity index (χ0) is 16.3. The third-order valence-electron chi connectivity index (χ3n) is 4.23. The van der Waals surface area contributed by atoms with E-state index < -0.39 is 11.9 Å². The average molecular weight is 344 g/mol. The van der Waals surface area contributed by atoms with Gasteiger partial charge in [0.25, 0.3) is 0 Å². The minimum Gasteiger partial charge on any atom is -0.481 e. The largest absolute Gasteiger partial charge is 0.481 e. The standard InChI is InChI=1S/C16H19Cl2NO3/c1-10-12(16(21)22)7-8-19(10)15(20)4-2-3-11-5-6-13(17)14(18)9-11/h5-6,9-10,12H,2-4,7-8H2,1H3,(H,21,22). The van der Waals surface area contributed by atoms with Crippen molar-refractivity contribution in [1.29, 1.82) is 0 Å². The molecule has 1 N–H and O–H groups in total. The molecule has 0 saturated carbocycles. The van der Waals surface area contributed by atoms with E-state index in [2.05, 4.69) is 0 Å². The van der Waals surface area contributed by atoms with Crippen LogP contribution in [0.15, 0.2) is 18.2 Å². The summed E-state index contributed by atoms with van der Waals surface area (Å²) in [7, 11) is 0. The number of halogens is 2. The maximum atomic E-state index is 12.2. The fourth-order valence-corrected chi connectivity index (χ4v) is 3.23. The van der Waals surface area contributed by atoms with Crippen LogP contribution in [0.2, 0.25) is 10.0 Å². The van der Waals surface area contributed by atoms with Gasteiger partial charge in [0.2, 0.25) is 5.91 Å². The number of rotatable bonds is 5. The van der Waals surface area contributed by atoms with E-state index in [-0.39, 0.29) is 11.9 Å². The van der Waals surface area contributed by atoms with Gasteiger partial charge in [-0.1, -0.05) is 29.3 Å². The zero-order valence-electron chi connectivity index (χ0n) is 12.4.